The van der Waals surface area contributed by atoms with E-state index in [2.05, 4.69) is 5.32 Å². The van der Waals surface area contributed by atoms with Crippen LogP contribution in [0.4, 0.5) is 5.69 Å². The number of carbonyl (C=O) groups excluding carboxylic acids is 1. The van der Waals surface area contributed by atoms with E-state index in [1.54, 1.807) is 31.4 Å². The zero-order valence-electron chi connectivity index (χ0n) is 16.1. The van der Waals surface area contributed by atoms with Crippen LogP contribution in [0.3, 0.4) is 0 Å². The number of methoxy groups -OCH3 is 1. The monoisotopic (exact) mass is 389 g/mol. The van der Waals surface area contributed by atoms with Crippen LogP contribution in [0.2, 0.25) is 0 Å². The van der Waals surface area contributed by atoms with Gasteiger partial charge in [0.25, 0.3) is 0 Å². The summed E-state index contributed by atoms with van der Waals surface area (Å²) >= 11 is 0. The highest BCUT2D eigenvalue weighted by Gasteiger charge is 2.30. The number of hydrogen-bond acceptors (Lipinski definition) is 3. The molecule has 0 bridgehead atoms. The number of amides is 1. The van der Waals surface area contributed by atoms with Crippen molar-refractivity contribution in [1.82, 2.24) is 0 Å². The number of carbonyl (C=O) groups is 1. The maximum Gasteiger partial charge on any atom is 0.228 e. The topological polar surface area (TPSA) is 75.6 Å². The Morgan fingerprint density at radius 1 is 1.11 bits per heavy atom. The van der Waals surface area contributed by atoms with Gasteiger partial charge in [0.2, 0.25) is 13.3 Å². The smallest absolute Gasteiger partial charge is 0.228 e. The summed E-state index contributed by atoms with van der Waals surface area (Å²) in [6.07, 6.45) is 0.613. The molecular weight excluding hydrogens is 361 g/mol. The van der Waals surface area contributed by atoms with Crippen molar-refractivity contribution in [2.45, 2.75) is 26.4 Å². The number of nitrogens with one attached hydrogen (secondary N) is 1. The molecule has 6 heteroatoms. The molecule has 0 radical (unpaired) electrons. The third kappa shape index (κ3) is 7.20. The van der Waals surface area contributed by atoms with E-state index in [-0.39, 0.29) is 24.1 Å². The Morgan fingerprint density at radius 2 is 1.74 bits per heavy atom. The third-order valence-corrected chi connectivity index (χ3v) is 6.13. The van der Waals surface area contributed by atoms with Gasteiger partial charge in [-0.1, -0.05) is 44.2 Å². The van der Waals surface area contributed by atoms with Crippen LogP contribution in [-0.2, 0) is 15.5 Å². The standard InChI is InChI=1S/C21H28NO4P/c1-16(2)13-18(15-27(24,25)14-17-7-5-4-6-8-17)21(23)22-19-9-11-20(26-3)12-10-19/h4-12,16,18H,13-15H2,1-3H3,(H,22,23)(H,24,25). The lowest BCUT2D eigenvalue weighted by Crippen LogP contribution is -2.27. The fraction of sp³-hybridized carbons (Fsp3) is 0.381. The van der Waals surface area contributed by atoms with Crippen LogP contribution in [0.15, 0.2) is 54.6 Å². The first-order chi connectivity index (χ1) is 12.8. The van der Waals surface area contributed by atoms with Gasteiger partial charge in [0.1, 0.15) is 5.75 Å². The molecule has 0 saturated heterocycles. The number of benzene rings is 2. The maximum atomic E-state index is 12.8. The van der Waals surface area contributed by atoms with E-state index in [0.717, 1.165) is 5.56 Å². The van der Waals surface area contributed by atoms with Crippen LogP contribution in [0.1, 0.15) is 25.8 Å². The summed E-state index contributed by atoms with van der Waals surface area (Å²) in [7, 11) is -1.90. The number of rotatable bonds is 9. The number of hydrogen-bond donors (Lipinski definition) is 2. The summed E-state index contributed by atoms with van der Waals surface area (Å²) in [6, 6.07) is 16.3. The first-order valence-electron chi connectivity index (χ1n) is 9.09. The summed E-state index contributed by atoms with van der Waals surface area (Å²) in [5.74, 6) is 0.200. The molecule has 0 saturated carbocycles. The van der Waals surface area contributed by atoms with Crippen LogP contribution in [0.5, 0.6) is 5.75 Å². The summed E-state index contributed by atoms with van der Waals surface area (Å²) in [4.78, 5) is 23.3. The average Bonchev–Trinajstić information content (AvgIpc) is 2.61. The molecule has 0 aliphatic heterocycles. The molecular formula is C21H28NO4P. The maximum absolute atomic E-state index is 12.8. The quantitative estimate of drug-likeness (QED) is 0.606. The Labute approximate surface area is 161 Å². The largest absolute Gasteiger partial charge is 0.497 e. The summed E-state index contributed by atoms with van der Waals surface area (Å²) in [5.41, 5.74) is 1.45. The minimum atomic E-state index is -3.48. The predicted molar refractivity (Wildman–Crippen MR) is 109 cm³/mol. The zero-order valence-corrected chi connectivity index (χ0v) is 17.0. The van der Waals surface area contributed by atoms with Gasteiger partial charge in [-0.05, 0) is 42.2 Å². The van der Waals surface area contributed by atoms with Gasteiger partial charge in [-0.25, -0.2) is 0 Å². The Kier molecular flexibility index (Phi) is 7.64. The van der Waals surface area contributed by atoms with E-state index in [4.69, 9.17) is 4.74 Å². The molecule has 5 nitrogen and oxygen atoms in total. The fourth-order valence-electron chi connectivity index (χ4n) is 3.03. The van der Waals surface area contributed by atoms with Crippen LogP contribution in [0.25, 0.3) is 0 Å². The van der Waals surface area contributed by atoms with E-state index in [0.29, 0.717) is 17.9 Å². The van der Waals surface area contributed by atoms with Gasteiger partial charge >= 0.3 is 0 Å². The first-order valence-corrected chi connectivity index (χ1v) is 11.1. The minimum absolute atomic E-state index is 0.0257. The van der Waals surface area contributed by atoms with Crippen molar-refractivity contribution in [2.75, 3.05) is 18.6 Å². The molecule has 2 unspecified atom stereocenters. The van der Waals surface area contributed by atoms with Crippen molar-refractivity contribution in [3.63, 3.8) is 0 Å². The first kappa shape index (κ1) is 21.2. The van der Waals surface area contributed by atoms with E-state index in [1.165, 1.54) is 0 Å². The second-order valence-corrected chi connectivity index (χ2v) is 9.59. The van der Waals surface area contributed by atoms with Crippen LogP contribution < -0.4 is 10.1 Å². The SMILES string of the molecule is COc1ccc(NC(=O)C(CC(C)C)CP(=O)(O)Cc2ccccc2)cc1. The van der Waals surface area contributed by atoms with Gasteiger partial charge in [-0.15, -0.1) is 0 Å². The molecule has 27 heavy (non-hydrogen) atoms. The van der Waals surface area contributed by atoms with Crippen molar-refractivity contribution in [3.05, 3.63) is 60.2 Å². The third-order valence-electron chi connectivity index (χ3n) is 4.26. The second kappa shape index (κ2) is 9.72. The van der Waals surface area contributed by atoms with Crippen LogP contribution >= 0.6 is 7.37 Å². The van der Waals surface area contributed by atoms with Gasteiger partial charge in [-0.2, -0.15) is 0 Å². The molecule has 0 spiro atoms. The van der Waals surface area contributed by atoms with Crippen molar-refractivity contribution in [1.29, 1.82) is 0 Å². The Morgan fingerprint density at radius 3 is 2.30 bits per heavy atom. The lowest BCUT2D eigenvalue weighted by molar-refractivity contribution is -0.119. The Hall–Kier alpha value is -2.10. The molecule has 0 aliphatic carbocycles. The summed E-state index contributed by atoms with van der Waals surface area (Å²) < 4.78 is 17.9. The van der Waals surface area contributed by atoms with Crippen molar-refractivity contribution >= 4 is 19.0 Å². The lowest BCUT2D eigenvalue weighted by atomic mass is 9.98. The molecule has 2 aromatic carbocycles. The van der Waals surface area contributed by atoms with Gasteiger partial charge < -0.3 is 14.9 Å². The number of ether oxygens (including phenoxy) is 1. The predicted octanol–water partition coefficient (Wildman–Crippen LogP) is 4.77. The van der Waals surface area contributed by atoms with E-state index < -0.39 is 13.3 Å². The molecule has 0 heterocycles. The lowest BCUT2D eigenvalue weighted by Gasteiger charge is -2.22. The second-order valence-electron chi connectivity index (χ2n) is 7.22. The minimum Gasteiger partial charge on any atom is -0.497 e. The van der Waals surface area contributed by atoms with Crippen molar-refractivity contribution in [2.24, 2.45) is 11.8 Å². The highest BCUT2D eigenvalue weighted by atomic mass is 31.2. The zero-order chi connectivity index (χ0) is 19.9. The van der Waals surface area contributed by atoms with Crippen molar-refractivity contribution in [3.8, 4) is 5.75 Å². The van der Waals surface area contributed by atoms with Gasteiger partial charge in [-0.3, -0.25) is 9.36 Å². The van der Waals surface area contributed by atoms with E-state index >= 15 is 0 Å². The highest BCUT2D eigenvalue weighted by Crippen LogP contribution is 2.47. The van der Waals surface area contributed by atoms with Crippen molar-refractivity contribution < 1.29 is 19.0 Å². The molecule has 0 aliphatic rings. The molecule has 1 amide bonds. The van der Waals surface area contributed by atoms with Gasteiger partial charge in [0.15, 0.2) is 0 Å². The average molecular weight is 389 g/mol. The Bertz CT molecular complexity index is 775. The molecule has 2 aromatic rings. The van der Waals surface area contributed by atoms with Crippen LogP contribution in [0, 0.1) is 11.8 Å². The highest BCUT2D eigenvalue weighted by molar-refractivity contribution is 7.57. The summed E-state index contributed by atoms with van der Waals surface area (Å²) in [6.45, 7) is 4.01. The molecule has 0 fully saturated rings. The molecule has 146 valence electrons. The molecule has 2 rings (SSSR count). The van der Waals surface area contributed by atoms with E-state index in [9.17, 15) is 14.3 Å². The molecule has 2 atom stereocenters. The fourth-order valence-corrected chi connectivity index (χ4v) is 4.94. The van der Waals surface area contributed by atoms with Gasteiger partial charge in [0.05, 0.1) is 7.11 Å². The van der Waals surface area contributed by atoms with Crippen LogP contribution in [-0.4, -0.2) is 24.1 Å². The van der Waals surface area contributed by atoms with Gasteiger partial charge in [0, 0.05) is 23.9 Å². The Balaban J connectivity index is 2.08. The van der Waals surface area contributed by atoms with E-state index in [1.807, 2.05) is 44.2 Å². The molecule has 0 aromatic heterocycles. The molecule has 2 N–H and O–H groups in total. The number of anilines is 1. The summed E-state index contributed by atoms with van der Waals surface area (Å²) in [5, 5.41) is 2.86. The normalized spacial score (nSPS) is 14.4.